The Morgan fingerprint density at radius 2 is 2.21 bits per heavy atom. The molecule has 3 rings (SSSR count). The number of hydrogen-bond acceptors (Lipinski definition) is 7. The van der Waals surface area contributed by atoms with E-state index in [9.17, 15) is 17.6 Å². The van der Waals surface area contributed by atoms with Crippen molar-refractivity contribution in [3.05, 3.63) is 56.5 Å². The minimum atomic E-state index is -3.89. The molecule has 2 aliphatic heterocycles. The summed E-state index contributed by atoms with van der Waals surface area (Å²) in [6, 6.07) is 3.96. The third-order valence-corrected chi connectivity index (χ3v) is 6.69. The molecule has 1 unspecified atom stereocenters. The van der Waals surface area contributed by atoms with Crippen LogP contribution in [-0.2, 0) is 24.1 Å². The molecule has 0 fully saturated rings. The van der Waals surface area contributed by atoms with E-state index in [0.717, 1.165) is 6.07 Å². The topological polar surface area (TPSA) is 102 Å². The molecule has 0 amide bonds. The molecule has 152 valence electrons. The molecule has 7 nitrogen and oxygen atoms in total. The van der Waals surface area contributed by atoms with Crippen LogP contribution in [0.25, 0.3) is 0 Å². The molecule has 0 saturated carbocycles. The molecule has 2 heterocycles. The molecule has 2 aliphatic rings. The first kappa shape index (κ1) is 20.8. The number of esters is 1. The number of rotatable bonds is 4. The highest BCUT2D eigenvalue weighted by Gasteiger charge is 2.43. The Bertz CT molecular complexity index is 952. The average Bonchev–Trinajstić information content (AvgIpc) is 2.77. The molecule has 0 bridgehead atoms. The third-order valence-electron chi connectivity index (χ3n) is 4.50. The molecule has 0 radical (unpaired) electrons. The normalized spacial score (nSPS) is 21.6. The van der Waals surface area contributed by atoms with Gasteiger partial charge in [-0.1, -0.05) is 17.7 Å². The van der Waals surface area contributed by atoms with Crippen molar-refractivity contribution >= 4 is 27.4 Å². The molecule has 0 spiro atoms. The zero-order valence-corrected chi connectivity index (χ0v) is 16.6. The van der Waals surface area contributed by atoms with Crippen molar-refractivity contribution in [2.24, 2.45) is 0 Å². The van der Waals surface area contributed by atoms with Gasteiger partial charge in [-0.2, -0.15) is 0 Å². The van der Waals surface area contributed by atoms with Gasteiger partial charge in [0.2, 0.25) is 0 Å². The molecule has 1 aromatic rings. The van der Waals surface area contributed by atoms with E-state index in [1.54, 1.807) is 6.92 Å². The second-order valence-corrected chi connectivity index (χ2v) is 8.79. The highest BCUT2D eigenvalue weighted by Crippen LogP contribution is 2.45. The molecule has 1 aromatic carbocycles. The van der Waals surface area contributed by atoms with E-state index in [1.165, 1.54) is 12.1 Å². The minimum absolute atomic E-state index is 0.0145. The lowest BCUT2D eigenvalue weighted by Gasteiger charge is -2.31. The summed E-state index contributed by atoms with van der Waals surface area (Å²) in [6.45, 7) is 0.801. The number of nitrogens with one attached hydrogen (secondary N) is 1. The van der Waals surface area contributed by atoms with Gasteiger partial charge in [0.05, 0.1) is 47.7 Å². The summed E-state index contributed by atoms with van der Waals surface area (Å²) in [6.07, 6.45) is 0. The molecular weight excluding hydrogens is 413 g/mol. The fraction of sp³-hybridized carbons (Fsp3) is 0.389. The quantitative estimate of drug-likeness (QED) is 0.698. The first-order valence-corrected chi connectivity index (χ1v) is 10.5. The summed E-state index contributed by atoms with van der Waals surface area (Å²) in [7, 11) is -3.89. The van der Waals surface area contributed by atoms with Crippen LogP contribution in [0.3, 0.4) is 0 Å². The maximum absolute atomic E-state index is 14.8. The van der Waals surface area contributed by atoms with Gasteiger partial charge in [0.1, 0.15) is 12.4 Å². The predicted molar refractivity (Wildman–Crippen MR) is 99.7 cm³/mol. The van der Waals surface area contributed by atoms with E-state index in [2.05, 4.69) is 5.32 Å². The summed E-state index contributed by atoms with van der Waals surface area (Å²) in [5.74, 6) is -3.21. The minimum Gasteiger partial charge on any atom is -0.460 e. The van der Waals surface area contributed by atoms with Gasteiger partial charge in [-0.05, 0) is 19.1 Å². The molecule has 0 aliphatic carbocycles. The zero-order valence-electron chi connectivity index (χ0n) is 15.0. The fourth-order valence-corrected chi connectivity index (χ4v) is 5.26. The lowest BCUT2D eigenvalue weighted by molar-refractivity contribution is -0.140. The second-order valence-electron chi connectivity index (χ2n) is 6.31. The Kier molecular flexibility index (Phi) is 6.09. The van der Waals surface area contributed by atoms with Crippen LogP contribution in [0.4, 0.5) is 4.39 Å². The number of carbonyl (C=O) groups excluding carboxylic acids is 1. The summed E-state index contributed by atoms with van der Waals surface area (Å²) >= 11 is 6.23. The van der Waals surface area contributed by atoms with Crippen molar-refractivity contribution in [3.63, 3.8) is 0 Å². The van der Waals surface area contributed by atoms with Crippen LogP contribution in [0, 0.1) is 5.82 Å². The smallest absolute Gasteiger partial charge is 0.336 e. The number of halogens is 2. The van der Waals surface area contributed by atoms with E-state index < -0.39 is 34.1 Å². The number of allylic oxidation sites excluding steroid dienone is 2. The second kappa shape index (κ2) is 8.20. The van der Waals surface area contributed by atoms with Crippen molar-refractivity contribution < 1.29 is 32.2 Å². The molecule has 1 atom stereocenters. The first-order valence-electron chi connectivity index (χ1n) is 8.51. The van der Waals surface area contributed by atoms with Crippen molar-refractivity contribution in [2.75, 3.05) is 32.2 Å². The van der Waals surface area contributed by atoms with Crippen molar-refractivity contribution in [1.82, 2.24) is 5.32 Å². The lowest BCUT2D eigenvalue weighted by Crippen LogP contribution is -2.34. The average molecular weight is 432 g/mol. The predicted octanol–water partition coefficient (Wildman–Crippen LogP) is 1.63. The molecular formula is C18H19ClFNO6S. The van der Waals surface area contributed by atoms with Crippen molar-refractivity contribution in [1.29, 1.82) is 0 Å². The van der Waals surface area contributed by atoms with E-state index in [1.807, 2.05) is 0 Å². The first-order chi connectivity index (χ1) is 13.3. The monoisotopic (exact) mass is 431 g/mol. The van der Waals surface area contributed by atoms with Crippen molar-refractivity contribution in [3.8, 4) is 0 Å². The molecule has 28 heavy (non-hydrogen) atoms. The van der Waals surface area contributed by atoms with Gasteiger partial charge < -0.3 is 19.9 Å². The van der Waals surface area contributed by atoms with Gasteiger partial charge in [-0.15, -0.1) is 0 Å². The highest BCUT2D eigenvalue weighted by atomic mass is 35.5. The number of benzene rings is 1. The van der Waals surface area contributed by atoms with Gasteiger partial charge in [0.15, 0.2) is 9.84 Å². The number of ether oxygens (including phenoxy) is 2. The standard InChI is InChI=1S/C18H19ClFNO6S/c1-10-14(18(23)27-6-5-22)16(15-11(19)3-2-4-12(15)20)17-13(21-10)9-26-7-8-28(17,24)25/h2-4,16,21-22H,5-9H2,1H3. The van der Waals surface area contributed by atoms with Crippen LogP contribution in [-0.4, -0.2) is 51.7 Å². The summed E-state index contributed by atoms with van der Waals surface area (Å²) < 4.78 is 51.1. The van der Waals surface area contributed by atoms with Crippen LogP contribution >= 0.6 is 11.6 Å². The Hall–Kier alpha value is -1.94. The van der Waals surface area contributed by atoms with Crippen LogP contribution in [0.2, 0.25) is 5.02 Å². The van der Waals surface area contributed by atoms with Gasteiger partial charge >= 0.3 is 5.97 Å². The van der Waals surface area contributed by atoms with Gasteiger partial charge in [0, 0.05) is 16.3 Å². The van der Waals surface area contributed by atoms with E-state index >= 15 is 0 Å². The number of carbonyl (C=O) groups is 1. The number of dihydropyridines is 1. The zero-order chi connectivity index (χ0) is 20.5. The number of aliphatic hydroxyl groups excluding tert-OH is 1. The van der Waals surface area contributed by atoms with E-state index in [4.69, 9.17) is 26.2 Å². The summed E-state index contributed by atoms with van der Waals surface area (Å²) in [4.78, 5) is 12.5. The molecule has 0 saturated heterocycles. The summed E-state index contributed by atoms with van der Waals surface area (Å²) in [5.41, 5.74) is 0.327. The van der Waals surface area contributed by atoms with Crippen LogP contribution in [0.15, 0.2) is 40.1 Å². The summed E-state index contributed by atoms with van der Waals surface area (Å²) in [5, 5.41) is 11.8. The SMILES string of the molecule is CC1=C(C(=O)OCCO)C(c2c(F)cccc2Cl)C2=C(COCCS2(=O)=O)N1. The molecule has 10 heteroatoms. The maximum Gasteiger partial charge on any atom is 0.336 e. The maximum atomic E-state index is 14.8. The van der Waals surface area contributed by atoms with E-state index in [0.29, 0.717) is 5.70 Å². The molecule has 0 aromatic heterocycles. The third kappa shape index (κ3) is 3.80. The Morgan fingerprint density at radius 1 is 1.46 bits per heavy atom. The number of aliphatic hydroxyl groups is 1. The van der Waals surface area contributed by atoms with Crippen LogP contribution < -0.4 is 5.32 Å². The van der Waals surface area contributed by atoms with Gasteiger partial charge in [-0.25, -0.2) is 17.6 Å². The van der Waals surface area contributed by atoms with Gasteiger partial charge in [0.25, 0.3) is 0 Å². The largest absolute Gasteiger partial charge is 0.460 e. The lowest BCUT2D eigenvalue weighted by atomic mass is 9.86. The van der Waals surface area contributed by atoms with Crippen LogP contribution in [0.5, 0.6) is 0 Å². The number of hydrogen-bond donors (Lipinski definition) is 2. The highest BCUT2D eigenvalue weighted by molar-refractivity contribution is 7.95. The Morgan fingerprint density at radius 3 is 2.89 bits per heavy atom. The Labute approximate surface area is 166 Å². The Balaban J connectivity index is 2.27. The van der Waals surface area contributed by atoms with Crippen LogP contribution in [0.1, 0.15) is 18.4 Å². The van der Waals surface area contributed by atoms with Gasteiger partial charge in [-0.3, -0.25) is 0 Å². The fourth-order valence-electron chi connectivity index (χ4n) is 3.35. The number of sulfone groups is 1. The van der Waals surface area contributed by atoms with Crippen molar-refractivity contribution in [2.45, 2.75) is 12.8 Å². The van der Waals surface area contributed by atoms with E-state index in [-0.39, 0.29) is 52.3 Å². The molecule has 2 N–H and O–H groups in total.